The predicted octanol–water partition coefficient (Wildman–Crippen LogP) is 2.08. The molecule has 1 aromatic rings. The summed E-state index contributed by atoms with van der Waals surface area (Å²) in [6, 6.07) is 0. The molecule has 3 nitrogen and oxygen atoms in total. The van der Waals surface area contributed by atoms with Gasteiger partial charge in [0.15, 0.2) is 3.95 Å². The molecule has 0 aliphatic heterocycles. The van der Waals surface area contributed by atoms with E-state index in [-0.39, 0.29) is 0 Å². The average molecular weight is 203 g/mol. The van der Waals surface area contributed by atoms with Crippen molar-refractivity contribution in [3.05, 3.63) is 14.5 Å². The number of hydrogen-bond acceptors (Lipinski definition) is 3. The summed E-state index contributed by atoms with van der Waals surface area (Å²) in [6.07, 6.45) is 0.700. The zero-order chi connectivity index (χ0) is 9.30. The SMILES string of the molecule is CCc1c(C(=O)O)sc(=S)n1C. The molecule has 0 unspecified atom stereocenters. The van der Waals surface area contributed by atoms with Crippen molar-refractivity contribution in [2.45, 2.75) is 13.3 Å². The molecule has 0 aliphatic rings. The van der Waals surface area contributed by atoms with Crippen molar-refractivity contribution in [2.75, 3.05) is 0 Å². The van der Waals surface area contributed by atoms with Gasteiger partial charge in [0.25, 0.3) is 0 Å². The number of rotatable bonds is 2. The number of nitrogens with zero attached hydrogens (tertiary/aromatic N) is 1. The van der Waals surface area contributed by atoms with Crippen molar-refractivity contribution >= 4 is 29.5 Å². The fraction of sp³-hybridized carbons (Fsp3) is 0.429. The highest BCUT2D eigenvalue weighted by atomic mass is 32.1. The second kappa shape index (κ2) is 3.37. The molecule has 0 saturated heterocycles. The zero-order valence-electron chi connectivity index (χ0n) is 6.83. The van der Waals surface area contributed by atoms with E-state index in [2.05, 4.69) is 0 Å². The van der Waals surface area contributed by atoms with Crippen molar-refractivity contribution in [1.29, 1.82) is 0 Å². The fourth-order valence-corrected chi connectivity index (χ4v) is 2.31. The maximum Gasteiger partial charge on any atom is 0.347 e. The van der Waals surface area contributed by atoms with Gasteiger partial charge in [0, 0.05) is 12.7 Å². The first-order valence-corrected chi connectivity index (χ1v) is 4.72. The highest BCUT2D eigenvalue weighted by Crippen LogP contribution is 2.18. The molecule has 0 atom stereocenters. The largest absolute Gasteiger partial charge is 0.477 e. The van der Waals surface area contributed by atoms with Crippen LogP contribution in [0.15, 0.2) is 0 Å². The number of carboxylic acid groups (broad SMARTS) is 1. The molecule has 0 fully saturated rings. The van der Waals surface area contributed by atoms with Gasteiger partial charge < -0.3 is 9.67 Å². The Bertz CT molecular complexity index is 364. The predicted molar refractivity (Wildman–Crippen MR) is 50.5 cm³/mol. The number of hydrogen-bond donors (Lipinski definition) is 1. The van der Waals surface area contributed by atoms with E-state index in [1.165, 1.54) is 0 Å². The van der Waals surface area contributed by atoms with Crippen LogP contribution in [0, 0.1) is 3.95 Å². The molecule has 1 aromatic heterocycles. The second-order valence-corrected chi connectivity index (χ2v) is 4.01. The van der Waals surface area contributed by atoms with Gasteiger partial charge in [-0.15, -0.1) is 0 Å². The summed E-state index contributed by atoms with van der Waals surface area (Å²) in [7, 11) is 1.80. The first kappa shape index (κ1) is 9.41. The molecule has 0 aliphatic carbocycles. The van der Waals surface area contributed by atoms with Crippen LogP contribution in [0.25, 0.3) is 0 Å². The molecule has 0 bridgehead atoms. The standard InChI is InChI=1S/C7H9NO2S2/c1-3-4-5(6(9)10)12-7(11)8(4)2/h3H2,1-2H3,(H,9,10). The van der Waals surface area contributed by atoms with E-state index in [4.69, 9.17) is 17.3 Å². The van der Waals surface area contributed by atoms with E-state index >= 15 is 0 Å². The molecule has 0 saturated carbocycles. The van der Waals surface area contributed by atoms with Crippen LogP contribution in [-0.4, -0.2) is 15.6 Å². The lowest BCUT2D eigenvalue weighted by Gasteiger charge is -1.98. The van der Waals surface area contributed by atoms with Crippen LogP contribution in [0.1, 0.15) is 22.3 Å². The summed E-state index contributed by atoms with van der Waals surface area (Å²) in [6.45, 7) is 1.92. The van der Waals surface area contributed by atoms with E-state index in [9.17, 15) is 4.79 Å². The van der Waals surface area contributed by atoms with Gasteiger partial charge in [0.05, 0.1) is 0 Å². The summed E-state index contributed by atoms with van der Waals surface area (Å²) >= 11 is 6.12. The lowest BCUT2D eigenvalue weighted by Crippen LogP contribution is -2.02. The topological polar surface area (TPSA) is 42.2 Å². The summed E-state index contributed by atoms with van der Waals surface area (Å²) in [5.41, 5.74) is 0.803. The summed E-state index contributed by atoms with van der Waals surface area (Å²) in [5, 5.41) is 8.79. The third-order valence-electron chi connectivity index (χ3n) is 1.66. The quantitative estimate of drug-likeness (QED) is 0.748. The summed E-state index contributed by atoms with van der Waals surface area (Å²) < 4.78 is 2.37. The van der Waals surface area contributed by atoms with Gasteiger partial charge >= 0.3 is 5.97 Å². The number of carbonyl (C=O) groups is 1. The van der Waals surface area contributed by atoms with Crippen LogP contribution in [0.4, 0.5) is 0 Å². The molecule has 66 valence electrons. The number of thiazole rings is 1. The molecule has 5 heteroatoms. The summed E-state index contributed by atoms with van der Waals surface area (Å²) in [5.74, 6) is -0.886. The van der Waals surface area contributed by atoms with Crippen LogP contribution in [0.2, 0.25) is 0 Å². The van der Waals surface area contributed by atoms with Crippen LogP contribution in [0.3, 0.4) is 0 Å². The van der Waals surface area contributed by atoms with Crippen LogP contribution >= 0.6 is 23.6 Å². The molecule has 0 amide bonds. The minimum Gasteiger partial charge on any atom is -0.477 e. The molecular formula is C7H9NO2S2. The Morgan fingerprint density at radius 2 is 2.33 bits per heavy atom. The van der Waals surface area contributed by atoms with Gasteiger partial charge in [-0.2, -0.15) is 0 Å². The molecular weight excluding hydrogens is 194 g/mol. The van der Waals surface area contributed by atoms with Gasteiger partial charge in [0.1, 0.15) is 4.88 Å². The Balaban J connectivity index is 3.39. The van der Waals surface area contributed by atoms with Gasteiger partial charge in [0.2, 0.25) is 0 Å². The Morgan fingerprint density at radius 3 is 2.67 bits per heavy atom. The molecule has 0 radical (unpaired) electrons. The van der Waals surface area contributed by atoms with E-state index in [0.717, 1.165) is 17.0 Å². The lowest BCUT2D eigenvalue weighted by molar-refractivity contribution is 0.0700. The minimum atomic E-state index is -0.886. The maximum absolute atomic E-state index is 10.7. The summed E-state index contributed by atoms with van der Waals surface area (Å²) in [4.78, 5) is 11.1. The molecule has 0 aromatic carbocycles. The van der Waals surface area contributed by atoms with Crippen LogP contribution in [0.5, 0.6) is 0 Å². The minimum absolute atomic E-state index is 0.366. The zero-order valence-corrected chi connectivity index (χ0v) is 8.46. The average Bonchev–Trinajstić information content (AvgIpc) is 2.29. The van der Waals surface area contributed by atoms with Gasteiger partial charge in [-0.3, -0.25) is 0 Å². The monoisotopic (exact) mass is 203 g/mol. The molecule has 1 heterocycles. The van der Waals surface area contributed by atoms with Crippen molar-refractivity contribution in [3.63, 3.8) is 0 Å². The Hall–Kier alpha value is -0.680. The Kier molecular flexibility index (Phi) is 2.64. The lowest BCUT2D eigenvalue weighted by atomic mass is 10.3. The van der Waals surface area contributed by atoms with Crippen molar-refractivity contribution in [2.24, 2.45) is 7.05 Å². The second-order valence-electron chi connectivity index (χ2n) is 2.36. The van der Waals surface area contributed by atoms with Gasteiger partial charge in [-0.25, -0.2) is 4.79 Å². The molecule has 12 heavy (non-hydrogen) atoms. The molecule has 1 N–H and O–H groups in total. The molecule has 0 spiro atoms. The smallest absolute Gasteiger partial charge is 0.347 e. The van der Waals surface area contributed by atoms with Crippen LogP contribution < -0.4 is 0 Å². The number of carboxylic acids is 1. The first-order chi connectivity index (χ1) is 5.57. The third-order valence-corrected chi connectivity index (χ3v) is 3.25. The number of aromatic nitrogens is 1. The van der Waals surface area contributed by atoms with E-state index in [1.807, 2.05) is 6.92 Å². The van der Waals surface area contributed by atoms with Gasteiger partial charge in [-0.05, 0) is 18.6 Å². The van der Waals surface area contributed by atoms with Crippen molar-refractivity contribution < 1.29 is 9.90 Å². The van der Waals surface area contributed by atoms with Crippen molar-refractivity contribution in [1.82, 2.24) is 4.57 Å². The van der Waals surface area contributed by atoms with Crippen LogP contribution in [-0.2, 0) is 13.5 Å². The van der Waals surface area contributed by atoms with Gasteiger partial charge in [-0.1, -0.05) is 18.3 Å². The van der Waals surface area contributed by atoms with E-state index < -0.39 is 5.97 Å². The maximum atomic E-state index is 10.7. The van der Waals surface area contributed by atoms with E-state index in [0.29, 0.717) is 15.3 Å². The third kappa shape index (κ3) is 1.42. The first-order valence-electron chi connectivity index (χ1n) is 3.50. The van der Waals surface area contributed by atoms with Crippen molar-refractivity contribution in [3.8, 4) is 0 Å². The highest BCUT2D eigenvalue weighted by Gasteiger charge is 2.14. The Labute approximate surface area is 79.3 Å². The normalized spacial score (nSPS) is 10.2. The highest BCUT2D eigenvalue weighted by molar-refractivity contribution is 7.73. The van der Waals surface area contributed by atoms with E-state index in [1.54, 1.807) is 11.6 Å². The molecule has 1 rings (SSSR count). The fourth-order valence-electron chi connectivity index (χ4n) is 1.04. The number of aromatic carboxylic acids is 1. The Morgan fingerprint density at radius 1 is 1.75 bits per heavy atom.